The number of rotatable bonds is 12. The van der Waals surface area contributed by atoms with E-state index in [1.165, 1.54) is 0 Å². The molecule has 0 aliphatic rings. The van der Waals surface area contributed by atoms with Gasteiger partial charge in [-0.25, -0.2) is 4.79 Å². The minimum Gasteiger partial charge on any atom is -0.460 e. The van der Waals surface area contributed by atoms with Gasteiger partial charge in [0, 0.05) is 18.2 Å². The van der Waals surface area contributed by atoms with Crippen molar-refractivity contribution in [3.8, 4) is 0 Å². The van der Waals surface area contributed by atoms with Crippen molar-refractivity contribution in [2.24, 2.45) is 0 Å². The molecule has 5 nitrogen and oxygen atoms in total. The standard InChI is InChI=1S/C16H32N2O3/c1-6-18(7-2)10-8-9-14(5)17-11-15(19)12-21-16(20)13(3)4/h14-15,17,19H,3,6-12H2,1-2,4-5H3. The largest absolute Gasteiger partial charge is 0.460 e. The van der Waals surface area contributed by atoms with E-state index in [1.807, 2.05) is 0 Å². The molecule has 2 N–H and O–H groups in total. The van der Waals surface area contributed by atoms with Crippen molar-refractivity contribution in [2.75, 3.05) is 32.8 Å². The first kappa shape index (κ1) is 20.1. The first-order valence-corrected chi connectivity index (χ1v) is 7.87. The van der Waals surface area contributed by atoms with Gasteiger partial charge in [-0.05, 0) is 46.3 Å². The highest BCUT2D eigenvalue weighted by atomic mass is 16.5. The minimum absolute atomic E-state index is 0.00482. The third-order valence-corrected chi connectivity index (χ3v) is 3.46. The van der Waals surface area contributed by atoms with E-state index in [2.05, 4.69) is 37.6 Å². The maximum Gasteiger partial charge on any atom is 0.333 e. The second-order valence-corrected chi connectivity index (χ2v) is 5.51. The molecule has 0 spiro atoms. The SMILES string of the molecule is C=C(C)C(=O)OCC(O)CNC(C)CCCN(CC)CC. The molecule has 0 saturated heterocycles. The average molecular weight is 300 g/mol. The molecule has 0 aromatic carbocycles. The number of carbonyl (C=O) groups is 1. The van der Waals surface area contributed by atoms with Crippen molar-refractivity contribution in [1.82, 2.24) is 10.2 Å². The number of ether oxygens (including phenoxy) is 1. The Balaban J connectivity index is 3.70. The van der Waals surface area contributed by atoms with Crippen molar-refractivity contribution in [1.29, 1.82) is 0 Å². The molecule has 0 radical (unpaired) electrons. The zero-order valence-electron chi connectivity index (χ0n) is 14.0. The summed E-state index contributed by atoms with van der Waals surface area (Å²) in [6.07, 6.45) is 1.52. The predicted octanol–water partition coefficient (Wildman–Crippen LogP) is 1.57. The van der Waals surface area contributed by atoms with Gasteiger partial charge in [-0.2, -0.15) is 0 Å². The van der Waals surface area contributed by atoms with Crippen LogP contribution in [-0.2, 0) is 9.53 Å². The highest BCUT2D eigenvalue weighted by Gasteiger charge is 2.11. The number of carbonyl (C=O) groups excluding carboxylic acids is 1. The third kappa shape index (κ3) is 10.5. The van der Waals surface area contributed by atoms with Gasteiger partial charge in [-0.1, -0.05) is 20.4 Å². The Morgan fingerprint density at radius 3 is 2.52 bits per heavy atom. The molecule has 0 saturated carbocycles. The first-order valence-electron chi connectivity index (χ1n) is 7.87. The van der Waals surface area contributed by atoms with E-state index in [-0.39, 0.29) is 6.61 Å². The fourth-order valence-electron chi connectivity index (χ4n) is 1.95. The zero-order valence-corrected chi connectivity index (χ0v) is 14.0. The lowest BCUT2D eigenvalue weighted by Gasteiger charge is -2.20. The number of aliphatic hydroxyl groups excluding tert-OH is 1. The van der Waals surface area contributed by atoms with Crippen molar-refractivity contribution >= 4 is 5.97 Å². The van der Waals surface area contributed by atoms with Crippen molar-refractivity contribution in [2.45, 2.75) is 52.7 Å². The molecule has 5 heteroatoms. The van der Waals surface area contributed by atoms with Gasteiger partial charge in [0.1, 0.15) is 12.7 Å². The minimum atomic E-state index is -0.682. The molecule has 0 amide bonds. The normalized spacial score (nSPS) is 14.0. The molecular formula is C16H32N2O3. The molecule has 0 aromatic rings. The Hall–Kier alpha value is -0.910. The maximum absolute atomic E-state index is 11.2. The molecule has 2 unspecified atom stereocenters. The molecule has 0 aliphatic heterocycles. The van der Waals surface area contributed by atoms with Crippen LogP contribution in [0.25, 0.3) is 0 Å². The van der Waals surface area contributed by atoms with Gasteiger partial charge in [0.2, 0.25) is 0 Å². The second kappa shape index (κ2) is 11.7. The number of hydrogen-bond acceptors (Lipinski definition) is 5. The number of nitrogens with one attached hydrogen (secondary N) is 1. The van der Waals surface area contributed by atoms with Crippen molar-refractivity contribution in [3.05, 3.63) is 12.2 Å². The highest BCUT2D eigenvalue weighted by molar-refractivity contribution is 5.86. The van der Waals surface area contributed by atoms with Gasteiger partial charge < -0.3 is 20.1 Å². The lowest BCUT2D eigenvalue weighted by molar-refractivity contribution is -0.141. The van der Waals surface area contributed by atoms with Crippen LogP contribution >= 0.6 is 0 Å². The number of hydrogen-bond donors (Lipinski definition) is 2. The predicted molar refractivity (Wildman–Crippen MR) is 86.3 cm³/mol. The van der Waals surface area contributed by atoms with Crippen LogP contribution in [0.3, 0.4) is 0 Å². The third-order valence-electron chi connectivity index (χ3n) is 3.46. The summed E-state index contributed by atoms with van der Waals surface area (Å²) >= 11 is 0. The van der Waals surface area contributed by atoms with Gasteiger partial charge in [-0.15, -0.1) is 0 Å². The summed E-state index contributed by atoms with van der Waals surface area (Å²) in [5.41, 5.74) is 0.347. The van der Waals surface area contributed by atoms with Crippen LogP contribution in [0, 0.1) is 0 Å². The van der Waals surface area contributed by atoms with Crippen LogP contribution < -0.4 is 5.32 Å². The summed E-state index contributed by atoms with van der Waals surface area (Å²) in [7, 11) is 0. The molecule has 21 heavy (non-hydrogen) atoms. The summed E-state index contributed by atoms with van der Waals surface area (Å²) in [6.45, 7) is 15.3. The van der Waals surface area contributed by atoms with E-state index in [0.717, 1.165) is 32.5 Å². The van der Waals surface area contributed by atoms with Gasteiger partial charge in [-0.3, -0.25) is 0 Å². The fourth-order valence-corrected chi connectivity index (χ4v) is 1.95. The molecule has 0 aromatic heterocycles. The van der Waals surface area contributed by atoms with Crippen LogP contribution in [0.1, 0.15) is 40.5 Å². The van der Waals surface area contributed by atoms with Crippen molar-refractivity contribution < 1.29 is 14.6 Å². The van der Waals surface area contributed by atoms with Gasteiger partial charge in [0.25, 0.3) is 0 Å². The molecule has 0 heterocycles. The Labute approximate surface area is 129 Å². The molecule has 2 atom stereocenters. The van der Waals surface area contributed by atoms with Crippen LogP contribution in [-0.4, -0.2) is 60.9 Å². The van der Waals surface area contributed by atoms with Crippen molar-refractivity contribution in [3.63, 3.8) is 0 Å². The van der Waals surface area contributed by atoms with E-state index in [1.54, 1.807) is 6.92 Å². The summed E-state index contributed by atoms with van der Waals surface area (Å²) in [5.74, 6) is -0.457. The van der Waals surface area contributed by atoms with Crippen LogP contribution in [0.4, 0.5) is 0 Å². The van der Waals surface area contributed by atoms with Crippen LogP contribution in [0.5, 0.6) is 0 Å². The highest BCUT2D eigenvalue weighted by Crippen LogP contribution is 2.00. The Kier molecular flexibility index (Phi) is 11.2. The van der Waals surface area contributed by atoms with Gasteiger partial charge in [0.15, 0.2) is 0 Å². The zero-order chi connectivity index (χ0) is 16.3. The Morgan fingerprint density at radius 1 is 1.38 bits per heavy atom. The molecule has 0 rings (SSSR count). The monoisotopic (exact) mass is 300 g/mol. The number of aliphatic hydroxyl groups is 1. The average Bonchev–Trinajstić information content (AvgIpc) is 2.46. The Bertz CT molecular complexity index is 304. The Morgan fingerprint density at radius 2 is 2.00 bits per heavy atom. The van der Waals surface area contributed by atoms with E-state index in [9.17, 15) is 9.90 Å². The second-order valence-electron chi connectivity index (χ2n) is 5.51. The van der Waals surface area contributed by atoms with Gasteiger partial charge in [0.05, 0.1) is 0 Å². The topological polar surface area (TPSA) is 61.8 Å². The van der Waals surface area contributed by atoms with Crippen LogP contribution in [0.2, 0.25) is 0 Å². The summed E-state index contributed by atoms with van der Waals surface area (Å²) < 4.78 is 4.90. The molecular weight excluding hydrogens is 268 g/mol. The van der Waals surface area contributed by atoms with E-state index >= 15 is 0 Å². The lowest BCUT2D eigenvalue weighted by atomic mass is 10.1. The fraction of sp³-hybridized carbons (Fsp3) is 0.812. The molecule has 0 fully saturated rings. The quantitative estimate of drug-likeness (QED) is 0.423. The summed E-state index contributed by atoms with van der Waals surface area (Å²) in [5, 5.41) is 13.0. The number of esters is 1. The molecule has 0 aliphatic carbocycles. The summed E-state index contributed by atoms with van der Waals surface area (Å²) in [6, 6.07) is 0.340. The molecule has 124 valence electrons. The van der Waals surface area contributed by atoms with Crippen LogP contribution in [0.15, 0.2) is 12.2 Å². The number of nitrogens with zero attached hydrogens (tertiary/aromatic N) is 1. The first-order chi connectivity index (χ1) is 9.90. The van der Waals surface area contributed by atoms with E-state index in [0.29, 0.717) is 18.2 Å². The van der Waals surface area contributed by atoms with E-state index in [4.69, 9.17) is 4.74 Å². The molecule has 0 bridgehead atoms. The van der Waals surface area contributed by atoms with E-state index < -0.39 is 12.1 Å². The smallest absolute Gasteiger partial charge is 0.333 e. The lowest BCUT2D eigenvalue weighted by Crippen LogP contribution is -2.37. The van der Waals surface area contributed by atoms with Gasteiger partial charge >= 0.3 is 5.97 Å². The summed E-state index contributed by atoms with van der Waals surface area (Å²) in [4.78, 5) is 13.6. The maximum atomic E-state index is 11.2.